The average Bonchev–Trinajstić information content (AvgIpc) is 3.58. The van der Waals surface area contributed by atoms with Crippen molar-refractivity contribution in [3.63, 3.8) is 0 Å². The summed E-state index contributed by atoms with van der Waals surface area (Å²) in [5.74, 6) is -3.27. The van der Waals surface area contributed by atoms with Crippen molar-refractivity contribution < 1.29 is 42.9 Å². The Labute approximate surface area is 294 Å². The van der Waals surface area contributed by atoms with Gasteiger partial charge in [-0.05, 0) is 60.9 Å². The lowest BCUT2D eigenvalue weighted by Crippen LogP contribution is -2.55. The van der Waals surface area contributed by atoms with E-state index in [0.717, 1.165) is 15.4 Å². The molecule has 0 radical (unpaired) electrons. The lowest BCUT2D eigenvalue weighted by molar-refractivity contribution is -0.150. The molecule has 11 nitrogen and oxygen atoms in total. The van der Waals surface area contributed by atoms with Crippen molar-refractivity contribution in [2.75, 3.05) is 13.1 Å². The number of Topliss-reactive ketones (excluding diaryl/α,β-unsaturated/α-hetero) is 1. The van der Waals surface area contributed by atoms with Crippen molar-refractivity contribution in [1.29, 1.82) is 0 Å². The van der Waals surface area contributed by atoms with E-state index >= 15 is 0 Å². The fourth-order valence-corrected chi connectivity index (χ4v) is 5.81. The third kappa shape index (κ3) is 9.78. The second-order valence-corrected chi connectivity index (χ2v) is 12.2. The number of carboxylic acids is 1. The van der Waals surface area contributed by atoms with Gasteiger partial charge in [-0.15, -0.1) is 0 Å². The Morgan fingerprint density at radius 3 is 2.06 bits per heavy atom. The summed E-state index contributed by atoms with van der Waals surface area (Å²) in [6.45, 7) is 0.468. The van der Waals surface area contributed by atoms with Gasteiger partial charge in [0.2, 0.25) is 5.91 Å². The molecule has 0 bridgehead atoms. The second kappa shape index (κ2) is 17.1. The summed E-state index contributed by atoms with van der Waals surface area (Å²) in [5, 5.41) is 12.8. The van der Waals surface area contributed by atoms with Gasteiger partial charge < -0.3 is 24.8 Å². The number of carboxylic acid groups (broad SMARTS) is 1. The molecule has 2 N–H and O–H groups in total. The molecule has 4 aromatic carbocycles. The quantitative estimate of drug-likeness (QED) is 0.190. The lowest BCUT2D eigenvalue weighted by Gasteiger charge is -2.32. The topological polar surface area (TPSA) is 143 Å². The number of benzene rings is 4. The summed E-state index contributed by atoms with van der Waals surface area (Å²) < 4.78 is 24.9. The molecule has 0 saturated carbocycles. The molecule has 264 valence electrons. The number of ketones is 1. The van der Waals surface area contributed by atoms with Crippen LogP contribution in [0, 0.1) is 5.82 Å². The number of ether oxygens (including phenoxy) is 2. The third-order valence-corrected chi connectivity index (χ3v) is 8.55. The molecule has 1 saturated heterocycles. The van der Waals surface area contributed by atoms with E-state index < -0.39 is 66.3 Å². The largest absolute Gasteiger partial charge is 0.488 e. The van der Waals surface area contributed by atoms with Crippen LogP contribution in [-0.2, 0) is 32.1 Å². The predicted octanol–water partition coefficient (Wildman–Crippen LogP) is 4.90. The first-order chi connectivity index (χ1) is 24.6. The van der Waals surface area contributed by atoms with Crippen LogP contribution in [0.1, 0.15) is 34.8 Å². The Bertz CT molecular complexity index is 1810. The fourth-order valence-electron chi connectivity index (χ4n) is 5.81. The van der Waals surface area contributed by atoms with E-state index in [1.807, 2.05) is 6.07 Å². The normalized spacial score (nSPS) is 16.4. The first-order valence-electron chi connectivity index (χ1n) is 16.4. The van der Waals surface area contributed by atoms with E-state index in [9.17, 15) is 33.5 Å². The van der Waals surface area contributed by atoms with Gasteiger partial charge in [0.15, 0.2) is 5.78 Å². The van der Waals surface area contributed by atoms with Gasteiger partial charge in [0, 0.05) is 12.0 Å². The van der Waals surface area contributed by atoms with Gasteiger partial charge >= 0.3 is 12.1 Å². The Kier molecular flexibility index (Phi) is 12.1. The van der Waals surface area contributed by atoms with Crippen LogP contribution in [0.15, 0.2) is 115 Å². The van der Waals surface area contributed by atoms with Crippen LogP contribution in [0.2, 0.25) is 0 Å². The zero-order valence-corrected chi connectivity index (χ0v) is 27.9. The number of hydrogen-bond acceptors (Lipinski definition) is 7. The van der Waals surface area contributed by atoms with E-state index in [1.165, 1.54) is 31.2 Å². The van der Waals surface area contributed by atoms with Crippen molar-refractivity contribution in [2.24, 2.45) is 0 Å². The van der Waals surface area contributed by atoms with Crippen LogP contribution in [0.25, 0.3) is 0 Å². The highest BCUT2D eigenvalue weighted by Crippen LogP contribution is 2.25. The Morgan fingerprint density at radius 2 is 1.45 bits per heavy atom. The number of nitrogens with one attached hydrogen (secondary N) is 1. The van der Waals surface area contributed by atoms with Crippen molar-refractivity contribution in [3.8, 4) is 5.75 Å². The molecule has 0 aromatic heterocycles. The molecular formula is C39H38FN3O8. The highest BCUT2D eigenvalue weighted by Gasteiger charge is 2.44. The van der Waals surface area contributed by atoms with E-state index in [1.54, 1.807) is 84.9 Å². The second-order valence-electron chi connectivity index (χ2n) is 12.2. The van der Waals surface area contributed by atoms with E-state index in [4.69, 9.17) is 9.47 Å². The summed E-state index contributed by atoms with van der Waals surface area (Å²) in [5.41, 5.74) is 1.75. The van der Waals surface area contributed by atoms with E-state index in [-0.39, 0.29) is 26.0 Å². The molecule has 1 aliphatic rings. The molecule has 51 heavy (non-hydrogen) atoms. The molecule has 0 unspecified atom stereocenters. The molecule has 5 rings (SSSR count). The van der Waals surface area contributed by atoms with E-state index in [0.29, 0.717) is 16.9 Å². The van der Waals surface area contributed by atoms with Crippen LogP contribution >= 0.6 is 0 Å². The lowest BCUT2D eigenvalue weighted by atomic mass is 10.0. The first-order valence-corrected chi connectivity index (χ1v) is 16.4. The van der Waals surface area contributed by atoms with Gasteiger partial charge in [-0.25, -0.2) is 14.0 Å². The maximum atomic E-state index is 14.1. The summed E-state index contributed by atoms with van der Waals surface area (Å²) in [4.78, 5) is 69.4. The summed E-state index contributed by atoms with van der Waals surface area (Å²) in [6, 6.07) is 27.7. The van der Waals surface area contributed by atoms with Gasteiger partial charge in [-0.3, -0.25) is 19.3 Å². The van der Waals surface area contributed by atoms with Crippen LogP contribution < -0.4 is 10.1 Å². The standard InChI is InChI=1S/C39H38FN3O8/c1-26(37(46)43-23-32(22-34(43)38(47)48)51-31-19-17-30(40)18-20-31)42(39(49)50-25-28-13-7-3-8-14-28)24-35(44)33(21-27-11-5-2-6-12-27)41-36(45)29-15-9-4-10-16-29/h2-20,26,32-34H,21-25H2,1H3,(H,41,45)(H,47,48)/t26-,32-,33-,34-/m0/s1. The van der Waals surface area contributed by atoms with Crippen LogP contribution in [0.4, 0.5) is 9.18 Å². The Balaban J connectivity index is 1.39. The minimum Gasteiger partial charge on any atom is -0.488 e. The minimum absolute atomic E-state index is 0.0623. The molecule has 1 heterocycles. The van der Waals surface area contributed by atoms with Crippen LogP contribution in [0.3, 0.4) is 0 Å². The van der Waals surface area contributed by atoms with Crippen LogP contribution in [-0.4, -0.2) is 81.9 Å². The van der Waals surface area contributed by atoms with Crippen molar-refractivity contribution in [1.82, 2.24) is 15.1 Å². The number of halogens is 1. The number of carbonyl (C=O) groups excluding carboxylic acids is 4. The summed E-state index contributed by atoms with van der Waals surface area (Å²) in [6.07, 6.45) is -1.68. The van der Waals surface area contributed by atoms with Crippen LogP contribution in [0.5, 0.6) is 5.75 Å². The number of carbonyl (C=O) groups is 5. The molecule has 4 atom stereocenters. The molecule has 1 fully saturated rings. The number of nitrogens with zero attached hydrogens (tertiary/aromatic N) is 2. The molecule has 0 spiro atoms. The summed E-state index contributed by atoms with van der Waals surface area (Å²) >= 11 is 0. The highest BCUT2D eigenvalue weighted by atomic mass is 19.1. The highest BCUT2D eigenvalue weighted by molar-refractivity contribution is 5.99. The number of amides is 3. The van der Waals surface area contributed by atoms with Crippen molar-refractivity contribution in [3.05, 3.63) is 138 Å². The third-order valence-electron chi connectivity index (χ3n) is 8.55. The van der Waals surface area contributed by atoms with Gasteiger partial charge in [-0.1, -0.05) is 78.9 Å². The fraction of sp³-hybridized carbons (Fsp3) is 0.256. The molecule has 0 aliphatic carbocycles. The predicted molar refractivity (Wildman–Crippen MR) is 184 cm³/mol. The Morgan fingerprint density at radius 1 is 0.863 bits per heavy atom. The van der Waals surface area contributed by atoms with Crippen molar-refractivity contribution in [2.45, 2.75) is 50.6 Å². The van der Waals surface area contributed by atoms with Gasteiger partial charge in [0.25, 0.3) is 5.91 Å². The number of aliphatic carboxylic acids is 1. The SMILES string of the molecule is C[C@@H](C(=O)N1C[C@@H](Oc2ccc(F)cc2)C[C@H]1C(=O)O)N(CC(=O)[C@H](Cc1ccccc1)NC(=O)c1ccccc1)C(=O)OCc1ccccc1. The van der Waals surface area contributed by atoms with Gasteiger partial charge in [0.1, 0.15) is 36.4 Å². The zero-order valence-electron chi connectivity index (χ0n) is 27.9. The molecule has 3 amide bonds. The smallest absolute Gasteiger partial charge is 0.411 e. The first kappa shape index (κ1) is 36.2. The maximum absolute atomic E-state index is 14.1. The number of rotatable bonds is 14. The molecule has 4 aromatic rings. The van der Waals surface area contributed by atoms with Crippen molar-refractivity contribution >= 4 is 29.7 Å². The maximum Gasteiger partial charge on any atom is 0.411 e. The number of hydrogen-bond donors (Lipinski definition) is 2. The Hall–Kier alpha value is -6.04. The summed E-state index contributed by atoms with van der Waals surface area (Å²) in [7, 11) is 0. The number of likely N-dealkylation sites (tertiary alicyclic amines) is 1. The average molecular weight is 696 g/mol. The van der Waals surface area contributed by atoms with Gasteiger partial charge in [0.05, 0.1) is 19.1 Å². The minimum atomic E-state index is -1.36. The molecule has 1 aliphatic heterocycles. The van der Waals surface area contributed by atoms with E-state index in [2.05, 4.69) is 5.32 Å². The monoisotopic (exact) mass is 695 g/mol. The van der Waals surface area contributed by atoms with Gasteiger partial charge in [-0.2, -0.15) is 0 Å². The molecular weight excluding hydrogens is 657 g/mol. The molecule has 12 heteroatoms. The zero-order chi connectivity index (χ0) is 36.3.